The quantitative estimate of drug-likeness (QED) is 0.366. The molecule has 0 aliphatic heterocycles. The van der Waals surface area contributed by atoms with Gasteiger partial charge in [-0.05, 0) is 12.0 Å². The van der Waals surface area contributed by atoms with Crippen molar-refractivity contribution in [2.75, 3.05) is 18.1 Å². The Kier molecular flexibility index (Phi) is 5.43. The van der Waals surface area contributed by atoms with Crippen LogP contribution in [0.1, 0.15) is 17.6 Å². The van der Waals surface area contributed by atoms with Crippen molar-refractivity contribution in [2.24, 2.45) is 5.92 Å². The summed E-state index contributed by atoms with van der Waals surface area (Å²) < 4.78 is 13.7. The molecule has 0 aliphatic rings. The summed E-state index contributed by atoms with van der Waals surface area (Å²) in [5.74, 6) is -0.300. The minimum Gasteiger partial charge on any atom is -0.396 e. The van der Waals surface area contributed by atoms with E-state index in [1.165, 1.54) is 6.33 Å². The predicted molar refractivity (Wildman–Crippen MR) is 101 cm³/mol. The first-order valence-corrected chi connectivity index (χ1v) is 9.92. The number of nitrogens with two attached hydrogens (primary N) is 2. The fourth-order valence-electron chi connectivity index (χ4n) is 3.06. The number of rotatable bonds is 7. The van der Waals surface area contributed by atoms with E-state index in [4.69, 9.17) is 11.5 Å². The van der Waals surface area contributed by atoms with Gasteiger partial charge in [-0.1, -0.05) is 30.3 Å². The maximum Gasteiger partial charge on any atom is 0.332 e. The van der Waals surface area contributed by atoms with Gasteiger partial charge < -0.3 is 30.9 Å². The molecule has 27 heavy (non-hydrogen) atoms. The van der Waals surface area contributed by atoms with Gasteiger partial charge in [0.2, 0.25) is 5.95 Å². The topological polar surface area (TPSA) is 173 Å². The highest BCUT2D eigenvalue weighted by Gasteiger charge is 2.33. The summed E-state index contributed by atoms with van der Waals surface area (Å²) in [6.45, 7) is -0.0225. The van der Waals surface area contributed by atoms with Crippen molar-refractivity contribution in [3.05, 3.63) is 42.2 Å². The highest BCUT2D eigenvalue weighted by Crippen LogP contribution is 2.54. The molecule has 0 bridgehead atoms. The fourth-order valence-corrected chi connectivity index (χ4v) is 4.19. The molecule has 2 heterocycles. The first kappa shape index (κ1) is 19.2. The molecule has 7 N–H and O–H groups in total. The molecule has 0 radical (unpaired) electrons. The Morgan fingerprint density at radius 2 is 1.85 bits per heavy atom. The number of nitrogen functional groups attached to an aromatic ring is 2. The molecule has 2 aromatic heterocycles. The molecule has 11 heteroatoms. The standard InChI is InChI=1S/C16H21N6O4P/c17-14-13-15(21-16(18)20-14)22(9-19-13)7-10(8-23)6-12(27(24,25)26)11-4-2-1-3-5-11/h1-5,9-10,12,23H,6-8H2,(H2,24,25,26)(H4,17,18,20,21)/t10-,12+/m1/s1. The lowest BCUT2D eigenvalue weighted by molar-refractivity contribution is 0.198. The number of aliphatic hydroxyl groups is 1. The third-order valence-electron chi connectivity index (χ3n) is 4.37. The number of imidazole rings is 1. The average Bonchev–Trinajstić information content (AvgIpc) is 3.01. The van der Waals surface area contributed by atoms with Gasteiger partial charge in [-0.25, -0.2) is 4.98 Å². The predicted octanol–water partition coefficient (Wildman–Crippen LogP) is 0.908. The normalized spacial score (nSPS) is 14.3. The third kappa shape index (κ3) is 4.25. The third-order valence-corrected chi connectivity index (χ3v) is 5.69. The van der Waals surface area contributed by atoms with Crippen LogP contribution in [0, 0.1) is 5.92 Å². The molecule has 144 valence electrons. The second-order valence-corrected chi connectivity index (χ2v) is 8.14. The number of fused-ring (bicyclic) bond motifs is 1. The van der Waals surface area contributed by atoms with Crippen molar-refractivity contribution in [3.8, 4) is 0 Å². The number of anilines is 2. The van der Waals surface area contributed by atoms with Crippen LogP contribution in [0.2, 0.25) is 0 Å². The summed E-state index contributed by atoms with van der Waals surface area (Å²) >= 11 is 0. The number of hydrogen-bond acceptors (Lipinski definition) is 7. The SMILES string of the molecule is Nc1nc(N)c2ncn(C[C@H](CO)C[C@@H](c3ccccc3)P(=O)(O)O)c2n1. The van der Waals surface area contributed by atoms with Crippen LogP contribution >= 0.6 is 7.60 Å². The van der Waals surface area contributed by atoms with Crippen LogP contribution in [0.3, 0.4) is 0 Å². The lowest BCUT2D eigenvalue weighted by Gasteiger charge is -2.24. The summed E-state index contributed by atoms with van der Waals surface area (Å²) in [6.07, 6.45) is 1.58. The molecule has 2 atom stereocenters. The molecular formula is C16H21N6O4P. The van der Waals surface area contributed by atoms with E-state index >= 15 is 0 Å². The first-order chi connectivity index (χ1) is 12.8. The monoisotopic (exact) mass is 392 g/mol. The summed E-state index contributed by atoms with van der Waals surface area (Å²) in [6, 6.07) is 8.55. The van der Waals surface area contributed by atoms with Gasteiger partial charge in [0.05, 0.1) is 12.0 Å². The number of aromatic nitrogens is 4. The van der Waals surface area contributed by atoms with Gasteiger partial charge in [-0.3, -0.25) is 4.57 Å². The molecule has 0 aliphatic carbocycles. The number of hydrogen-bond donors (Lipinski definition) is 5. The van der Waals surface area contributed by atoms with Crippen molar-refractivity contribution >= 4 is 30.5 Å². The van der Waals surface area contributed by atoms with Crippen molar-refractivity contribution in [3.63, 3.8) is 0 Å². The Balaban J connectivity index is 1.88. The van der Waals surface area contributed by atoms with Crippen LogP contribution in [0.5, 0.6) is 0 Å². The smallest absolute Gasteiger partial charge is 0.332 e. The zero-order valence-corrected chi connectivity index (χ0v) is 15.3. The molecular weight excluding hydrogens is 371 g/mol. The molecule has 0 saturated carbocycles. The molecule has 3 aromatic rings. The summed E-state index contributed by atoms with van der Waals surface area (Å²) in [5, 5.41) is 9.80. The van der Waals surface area contributed by atoms with E-state index in [1.54, 1.807) is 34.9 Å². The van der Waals surface area contributed by atoms with E-state index in [0.29, 0.717) is 16.7 Å². The molecule has 0 amide bonds. The Morgan fingerprint density at radius 3 is 2.48 bits per heavy atom. The highest BCUT2D eigenvalue weighted by molar-refractivity contribution is 7.52. The number of nitrogens with zero attached hydrogens (tertiary/aromatic N) is 4. The molecule has 0 spiro atoms. The lowest BCUT2D eigenvalue weighted by atomic mass is 9.99. The van der Waals surface area contributed by atoms with Crippen molar-refractivity contribution in [2.45, 2.75) is 18.6 Å². The summed E-state index contributed by atoms with van der Waals surface area (Å²) in [4.78, 5) is 31.7. The van der Waals surface area contributed by atoms with E-state index in [-0.39, 0.29) is 31.3 Å². The minimum absolute atomic E-state index is 0.000298. The number of aliphatic hydroxyl groups excluding tert-OH is 1. The Hall–Kier alpha value is -2.52. The van der Waals surface area contributed by atoms with Gasteiger partial charge in [-0.15, -0.1) is 0 Å². The Bertz CT molecular complexity index is 974. The molecule has 0 unspecified atom stereocenters. The van der Waals surface area contributed by atoms with Gasteiger partial charge in [0, 0.05) is 19.1 Å². The van der Waals surface area contributed by atoms with Crippen LogP contribution in [0.15, 0.2) is 36.7 Å². The zero-order chi connectivity index (χ0) is 19.6. The van der Waals surface area contributed by atoms with E-state index in [9.17, 15) is 19.5 Å². The Morgan fingerprint density at radius 1 is 1.15 bits per heavy atom. The first-order valence-electron chi connectivity index (χ1n) is 8.24. The lowest BCUT2D eigenvalue weighted by Crippen LogP contribution is -2.18. The van der Waals surface area contributed by atoms with E-state index in [0.717, 1.165) is 0 Å². The average molecular weight is 392 g/mol. The van der Waals surface area contributed by atoms with Crippen LogP contribution < -0.4 is 11.5 Å². The van der Waals surface area contributed by atoms with Gasteiger partial charge in [-0.2, -0.15) is 9.97 Å². The molecule has 3 rings (SSSR count). The maximum atomic E-state index is 12.0. The molecule has 1 aromatic carbocycles. The zero-order valence-electron chi connectivity index (χ0n) is 14.4. The van der Waals surface area contributed by atoms with E-state index in [1.807, 2.05) is 0 Å². The molecule has 0 fully saturated rings. The fraction of sp³-hybridized carbons (Fsp3) is 0.312. The van der Waals surface area contributed by atoms with Crippen LogP contribution in [0.4, 0.5) is 11.8 Å². The summed E-state index contributed by atoms with van der Waals surface area (Å²) in [7, 11) is -4.42. The minimum atomic E-state index is -4.42. The van der Waals surface area contributed by atoms with Crippen LogP contribution in [0.25, 0.3) is 11.2 Å². The van der Waals surface area contributed by atoms with Gasteiger partial charge in [0.25, 0.3) is 0 Å². The highest BCUT2D eigenvalue weighted by atomic mass is 31.2. The van der Waals surface area contributed by atoms with E-state index < -0.39 is 19.2 Å². The van der Waals surface area contributed by atoms with Gasteiger partial charge >= 0.3 is 7.60 Å². The number of benzene rings is 1. The van der Waals surface area contributed by atoms with Crippen molar-refractivity contribution < 1.29 is 19.5 Å². The molecule has 10 nitrogen and oxygen atoms in total. The molecule has 0 saturated heterocycles. The van der Waals surface area contributed by atoms with Crippen LogP contribution in [-0.4, -0.2) is 41.0 Å². The van der Waals surface area contributed by atoms with Crippen molar-refractivity contribution in [1.29, 1.82) is 0 Å². The van der Waals surface area contributed by atoms with Crippen LogP contribution in [-0.2, 0) is 11.1 Å². The van der Waals surface area contributed by atoms with Gasteiger partial charge in [0.15, 0.2) is 11.5 Å². The maximum absolute atomic E-state index is 12.0. The second-order valence-electron chi connectivity index (χ2n) is 6.34. The van der Waals surface area contributed by atoms with Gasteiger partial charge in [0.1, 0.15) is 5.52 Å². The largest absolute Gasteiger partial charge is 0.396 e. The summed E-state index contributed by atoms with van der Waals surface area (Å²) in [5.41, 5.74) is 11.7. The van der Waals surface area contributed by atoms with E-state index in [2.05, 4.69) is 15.0 Å². The Labute approximate surface area is 155 Å². The second kappa shape index (κ2) is 7.61. The van der Waals surface area contributed by atoms with Crippen molar-refractivity contribution in [1.82, 2.24) is 19.5 Å².